The van der Waals surface area contributed by atoms with Crippen molar-refractivity contribution in [1.82, 2.24) is 5.32 Å². The topological polar surface area (TPSA) is 29.1 Å². The first-order chi connectivity index (χ1) is 13.3. The average molecular weight is 392 g/mol. The maximum Gasteiger partial charge on any atom is 0.193 e. The highest BCUT2D eigenvalue weighted by Crippen LogP contribution is 2.21. The van der Waals surface area contributed by atoms with E-state index < -0.39 is 0 Å². The summed E-state index contributed by atoms with van der Waals surface area (Å²) in [5, 5.41) is 3.44. The predicted octanol–water partition coefficient (Wildman–Crippen LogP) is 6.06. The van der Waals surface area contributed by atoms with Crippen molar-refractivity contribution in [3.05, 3.63) is 108 Å². The molecule has 0 amide bonds. The highest BCUT2D eigenvalue weighted by molar-refractivity contribution is 6.09. The lowest BCUT2D eigenvalue weighted by atomic mass is 9.99. The summed E-state index contributed by atoms with van der Waals surface area (Å²) in [6.07, 6.45) is 5.31. The molecule has 3 heteroatoms. The van der Waals surface area contributed by atoms with Gasteiger partial charge in [-0.1, -0.05) is 91.0 Å². The molecule has 0 aliphatic heterocycles. The summed E-state index contributed by atoms with van der Waals surface area (Å²) >= 11 is 0. The molecule has 0 fully saturated rings. The molecule has 0 aromatic heterocycles. The monoisotopic (exact) mass is 391 g/mol. The number of allylic oxidation sites excluding steroid dienone is 1. The van der Waals surface area contributed by atoms with Gasteiger partial charge in [0.05, 0.1) is 0 Å². The molecule has 28 heavy (non-hydrogen) atoms. The van der Waals surface area contributed by atoms with E-state index >= 15 is 0 Å². The van der Waals surface area contributed by atoms with Gasteiger partial charge in [0, 0.05) is 17.7 Å². The van der Waals surface area contributed by atoms with Crippen LogP contribution < -0.4 is 5.32 Å². The first kappa shape index (κ1) is 21.6. The second kappa shape index (κ2) is 11.2. The van der Waals surface area contributed by atoms with Crippen LogP contribution in [0.1, 0.15) is 34.8 Å². The Labute approximate surface area is 173 Å². The smallest absolute Gasteiger partial charge is 0.193 e. The van der Waals surface area contributed by atoms with Crippen molar-refractivity contribution >= 4 is 18.2 Å². The van der Waals surface area contributed by atoms with Crippen LogP contribution in [0.4, 0.5) is 0 Å². The standard InChI is InChI=1S/C25H25NO.ClH/c1-2-3-7-18-26-19-20-10-12-21(13-11-20)22-14-16-24(17-15-22)25(27)23-8-5-4-6-9-23;/h2-6,8-17,26H,7,18-19H2,1H3;1H. The lowest BCUT2D eigenvalue weighted by Crippen LogP contribution is -2.13. The number of hydrogen-bond donors (Lipinski definition) is 1. The van der Waals surface area contributed by atoms with E-state index in [1.807, 2.05) is 61.5 Å². The molecular formula is C25H26ClNO. The van der Waals surface area contributed by atoms with Crippen LogP contribution in [-0.4, -0.2) is 12.3 Å². The largest absolute Gasteiger partial charge is 0.312 e. The number of halogens is 1. The van der Waals surface area contributed by atoms with Gasteiger partial charge in [-0.05, 0) is 36.6 Å². The molecule has 0 aliphatic carbocycles. The zero-order valence-electron chi connectivity index (χ0n) is 16.1. The molecule has 0 aliphatic rings. The van der Waals surface area contributed by atoms with E-state index in [2.05, 4.69) is 41.7 Å². The predicted molar refractivity (Wildman–Crippen MR) is 120 cm³/mol. The molecule has 3 rings (SSSR count). The minimum Gasteiger partial charge on any atom is -0.312 e. The van der Waals surface area contributed by atoms with Gasteiger partial charge in [0.1, 0.15) is 0 Å². The van der Waals surface area contributed by atoms with Gasteiger partial charge in [-0.2, -0.15) is 0 Å². The van der Waals surface area contributed by atoms with Crippen LogP contribution in [0, 0.1) is 0 Å². The van der Waals surface area contributed by atoms with Gasteiger partial charge in [-0.25, -0.2) is 0 Å². The van der Waals surface area contributed by atoms with Crippen molar-refractivity contribution in [1.29, 1.82) is 0 Å². The maximum absolute atomic E-state index is 12.5. The maximum atomic E-state index is 12.5. The average Bonchev–Trinajstić information content (AvgIpc) is 2.74. The fourth-order valence-corrected chi connectivity index (χ4v) is 2.97. The van der Waals surface area contributed by atoms with E-state index in [9.17, 15) is 4.79 Å². The van der Waals surface area contributed by atoms with Gasteiger partial charge in [0.2, 0.25) is 0 Å². The Morgan fingerprint density at radius 3 is 2.00 bits per heavy atom. The summed E-state index contributed by atoms with van der Waals surface area (Å²) in [6, 6.07) is 25.8. The van der Waals surface area contributed by atoms with E-state index in [1.165, 1.54) is 5.56 Å². The van der Waals surface area contributed by atoms with Crippen molar-refractivity contribution in [2.24, 2.45) is 0 Å². The third-order valence-corrected chi connectivity index (χ3v) is 4.52. The lowest BCUT2D eigenvalue weighted by molar-refractivity contribution is 0.103. The second-order valence-electron chi connectivity index (χ2n) is 6.50. The molecule has 144 valence electrons. The Hall–Kier alpha value is -2.68. The fraction of sp³-hybridized carbons (Fsp3) is 0.160. The Balaban J connectivity index is 0.00000280. The third kappa shape index (κ3) is 5.91. The van der Waals surface area contributed by atoms with E-state index in [0.717, 1.165) is 36.2 Å². The van der Waals surface area contributed by atoms with E-state index in [4.69, 9.17) is 0 Å². The second-order valence-corrected chi connectivity index (χ2v) is 6.50. The molecule has 0 radical (unpaired) electrons. The Morgan fingerprint density at radius 2 is 1.39 bits per heavy atom. The number of ketones is 1. The zero-order chi connectivity index (χ0) is 18.9. The number of carbonyl (C=O) groups excluding carboxylic acids is 1. The first-order valence-electron chi connectivity index (χ1n) is 9.39. The Morgan fingerprint density at radius 1 is 0.821 bits per heavy atom. The molecule has 0 unspecified atom stereocenters. The molecule has 1 N–H and O–H groups in total. The zero-order valence-corrected chi connectivity index (χ0v) is 16.9. The summed E-state index contributed by atoms with van der Waals surface area (Å²) in [5.74, 6) is 0.0569. The molecule has 0 atom stereocenters. The van der Waals surface area contributed by atoms with E-state index in [0.29, 0.717) is 5.56 Å². The van der Waals surface area contributed by atoms with Gasteiger partial charge in [0.25, 0.3) is 0 Å². The van der Waals surface area contributed by atoms with E-state index in [-0.39, 0.29) is 18.2 Å². The molecule has 3 aromatic carbocycles. The molecular weight excluding hydrogens is 366 g/mol. The highest BCUT2D eigenvalue weighted by Gasteiger charge is 2.08. The van der Waals surface area contributed by atoms with Gasteiger partial charge in [0.15, 0.2) is 5.78 Å². The van der Waals surface area contributed by atoms with Crippen molar-refractivity contribution in [2.45, 2.75) is 19.9 Å². The minimum atomic E-state index is 0. The van der Waals surface area contributed by atoms with Crippen LogP contribution in [0.15, 0.2) is 91.0 Å². The van der Waals surface area contributed by atoms with Crippen molar-refractivity contribution in [3.8, 4) is 11.1 Å². The summed E-state index contributed by atoms with van der Waals surface area (Å²) in [4.78, 5) is 12.5. The third-order valence-electron chi connectivity index (χ3n) is 4.52. The molecule has 3 aromatic rings. The number of hydrogen-bond acceptors (Lipinski definition) is 2. The van der Waals surface area contributed by atoms with Crippen LogP contribution in [0.25, 0.3) is 11.1 Å². The van der Waals surface area contributed by atoms with Crippen LogP contribution >= 0.6 is 12.4 Å². The van der Waals surface area contributed by atoms with Crippen LogP contribution in [0.3, 0.4) is 0 Å². The minimum absolute atomic E-state index is 0. The van der Waals surface area contributed by atoms with Crippen molar-refractivity contribution in [2.75, 3.05) is 6.54 Å². The summed E-state index contributed by atoms with van der Waals surface area (Å²) < 4.78 is 0. The van der Waals surface area contributed by atoms with E-state index in [1.54, 1.807) is 0 Å². The first-order valence-corrected chi connectivity index (χ1v) is 9.39. The van der Waals surface area contributed by atoms with Crippen LogP contribution in [0.5, 0.6) is 0 Å². The quantitative estimate of drug-likeness (QED) is 0.287. The molecule has 0 heterocycles. The summed E-state index contributed by atoms with van der Waals surface area (Å²) in [5.41, 5.74) is 4.98. The van der Waals surface area contributed by atoms with Gasteiger partial charge in [-0.15, -0.1) is 12.4 Å². The van der Waals surface area contributed by atoms with Gasteiger partial charge >= 0.3 is 0 Å². The lowest BCUT2D eigenvalue weighted by Gasteiger charge is -2.07. The normalized spacial score (nSPS) is 10.6. The number of benzene rings is 3. The van der Waals surface area contributed by atoms with Gasteiger partial charge in [-0.3, -0.25) is 4.79 Å². The SMILES string of the molecule is CC=CCCNCc1ccc(-c2ccc(C(=O)c3ccccc3)cc2)cc1.Cl. The molecule has 0 spiro atoms. The number of nitrogens with one attached hydrogen (secondary N) is 1. The van der Waals surface area contributed by atoms with Crippen LogP contribution in [-0.2, 0) is 6.54 Å². The summed E-state index contributed by atoms with van der Waals surface area (Å²) in [6.45, 7) is 3.91. The Bertz CT molecular complexity index is 884. The highest BCUT2D eigenvalue weighted by atomic mass is 35.5. The number of carbonyl (C=O) groups is 1. The van der Waals surface area contributed by atoms with Crippen molar-refractivity contribution in [3.63, 3.8) is 0 Å². The molecule has 0 bridgehead atoms. The summed E-state index contributed by atoms with van der Waals surface area (Å²) in [7, 11) is 0. The van der Waals surface area contributed by atoms with Crippen LogP contribution in [0.2, 0.25) is 0 Å². The van der Waals surface area contributed by atoms with Crippen molar-refractivity contribution < 1.29 is 4.79 Å². The fourth-order valence-electron chi connectivity index (χ4n) is 2.97. The molecule has 0 saturated carbocycles. The Kier molecular flexibility index (Phi) is 8.67. The van der Waals surface area contributed by atoms with Gasteiger partial charge < -0.3 is 5.32 Å². The molecule has 2 nitrogen and oxygen atoms in total. The number of rotatable bonds is 8. The molecule has 0 saturated heterocycles.